The van der Waals surface area contributed by atoms with Gasteiger partial charge in [-0.3, -0.25) is 0 Å². The Bertz CT molecular complexity index is 457. The third-order valence-electron chi connectivity index (χ3n) is 3.36. The number of hydrogen-bond donors (Lipinski definition) is 2. The SMILES string of the molecule is CCNc1nc(NC2CCCC2SC)nc(OC(C)C)n1. The van der Waals surface area contributed by atoms with Crippen LogP contribution in [0.25, 0.3) is 0 Å². The predicted molar refractivity (Wildman–Crippen MR) is 88.3 cm³/mol. The van der Waals surface area contributed by atoms with Crippen LogP contribution in [-0.4, -0.2) is 45.1 Å². The van der Waals surface area contributed by atoms with Crippen LogP contribution in [-0.2, 0) is 0 Å². The number of rotatable bonds is 7. The first-order valence-electron chi connectivity index (χ1n) is 7.58. The summed E-state index contributed by atoms with van der Waals surface area (Å²) in [5.41, 5.74) is 0. The first kappa shape index (κ1) is 16.1. The summed E-state index contributed by atoms with van der Waals surface area (Å²) < 4.78 is 5.61. The van der Waals surface area contributed by atoms with Gasteiger partial charge in [0, 0.05) is 17.8 Å². The number of nitrogens with one attached hydrogen (secondary N) is 2. The van der Waals surface area contributed by atoms with Crippen molar-refractivity contribution in [3.63, 3.8) is 0 Å². The molecule has 6 nitrogen and oxygen atoms in total. The smallest absolute Gasteiger partial charge is 0.323 e. The first-order valence-corrected chi connectivity index (χ1v) is 8.87. The third kappa shape index (κ3) is 4.62. The highest BCUT2D eigenvalue weighted by Crippen LogP contribution is 2.30. The van der Waals surface area contributed by atoms with E-state index in [0.29, 0.717) is 29.2 Å². The lowest BCUT2D eigenvalue weighted by molar-refractivity contribution is 0.222. The van der Waals surface area contributed by atoms with Crippen LogP contribution in [0.2, 0.25) is 0 Å². The fraction of sp³-hybridized carbons (Fsp3) is 0.786. The molecule has 1 aromatic heterocycles. The maximum atomic E-state index is 5.61. The molecule has 0 spiro atoms. The quantitative estimate of drug-likeness (QED) is 0.802. The molecule has 2 atom stereocenters. The normalized spacial score (nSPS) is 21.6. The predicted octanol–water partition coefficient (Wildman–Crippen LogP) is 2.79. The van der Waals surface area contributed by atoms with Crippen molar-refractivity contribution < 1.29 is 4.74 Å². The standard InChI is InChI=1S/C14H25N5OS/c1-5-15-12-17-13(19-14(18-12)20-9(2)3)16-10-7-6-8-11(10)21-4/h9-11H,5-8H2,1-4H3,(H2,15,16,17,18,19). The molecule has 2 N–H and O–H groups in total. The molecular weight excluding hydrogens is 286 g/mol. The lowest BCUT2D eigenvalue weighted by Crippen LogP contribution is -2.27. The lowest BCUT2D eigenvalue weighted by atomic mass is 10.2. The summed E-state index contributed by atoms with van der Waals surface area (Å²) in [6.07, 6.45) is 5.87. The van der Waals surface area contributed by atoms with Crippen LogP contribution in [0.15, 0.2) is 0 Å². The second-order valence-corrected chi connectivity index (χ2v) is 6.49. The average molecular weight is 311 g/mol. The number of ether oxygens (including phenoxy) is 1. The summed E-state index contributed by atoms with van der Waals surface area (Å²) >= 11 is 1.91. The molecule has 1 heterocycles. The molecule has 1 aliphatic carbocycles. The van der Waals surface area contributed by atoms with Gasteiger partial charge in [0.25, 0.3) is 0 Å². The number of nitrogens with zero attached hydrogens (tertiary/aromatic N) is 3. The van der Waals surface area contributed by atoms with E-state index in [-0.39, 0.29) is 6.10 Å². The molecule has 0 aliphatic heterocycles. The second-order valence-electron chi connectivity index (χ2n) is 5.42. The highest BCUT2D eigenvalue weighted by Gasteiger charge is 2.27. The minimum atomic E-state index is 0.0418. The molecule has 1 aliphatic rings. The van der Waals surface area contributed by atoms with Gasteiger partial charge in [-0.25, -0.2) is 0 Å². The van der Waals surface area contributed by atoms with E-state index in [9.17, 15) is 0 Å². The minimum Gasteiger partial charge on any atom is -0.461 e. The minimum absolute atomic E-state index is 0.0418. The molecule has 1 aromatic rings. The fourth-order valence-corrected chi connectivity index (χ4v) is 3.40. The van der Waals surface area contributed by atoms with Crippen LogP contribution in [0.1, 0.15) is 40.0 Å². The van der Waals surface area contributed by atoms with Crippen molar-refractivity contribution in [3.05, 3.63) is 0 Å². The van der Waals surface area contributed by atoms with E-state index in [1.54, 1.807) is 0 Å². The van der Waals surface area contributed by atoms with Gasteiger partial charge in [0.1, 0.15) is 0 Å². The van der Waals surface area contributed by atoms with E-state index in [2.05, 4.69) is 31.8 Å². The van der Waals surface area contributed by atoms with Crippen LogP contribution < -0.4 is 15.4 Å². The number of hydrogen-bond acceptors (Lipinski definition) is 7. The van der Waals surface area contributed by atoms with Gasteiger partial charge in [0.05, 0.1) is 6.10 Å². The van der Waals surface area contributed by atoms with E-state index in [1.165, 1.54) is 12.8 Å². The maximum absolute atomic E-state index is 5.61. The summed E-state index contributed by atoms with van der Waals surface area (Å²) in [5, 5.41) is 7.20. The van der Waals surface area contributed by atoms with E-state index in [4.69, 9.17) is 4.74 Å². The van der Waals surface area contributed by atoms with E-state index in [1.807, 2.05) is 32.5 Å². The van der Waals surface area contributed by atoms with Gasteiger partial charge >= 0.3 is 6.01 Å². The van der Waals surface area contributed by atoms with Gasteiger partial charge in [-0.2, -0.15) is 26.7 Å². The highest BCUT2D eigenvalue weighted by atomic mass is 32.2. The van der Waals surface area contributed by atoms with E-state index in [0.717, 1.165) is 13.0 Å². The maximum Gasteiger partial charge on any atom is 0.323 e. The Kier molecular flexibility index (Phi) is 5.90. The summed E-state index contributed by atoms with van der Waals surface area (Å²) in [4.78, 5) is 13.1. The second kappa shape index (κ2) is 7.68. The largest absolute Gasteiger partial charge is 0.461 e. The van der Waals surface area contributed by atoms with Crippen LogP contribution in [0.4, 0.5) is 11.9 Å². The van der Waals surface area contributed by atoms with Crippen molar-refractivity contribution in [1.82, 2.24) is 15.0 Å². The van der Waals surface area contributed by atoms with Crippen molar-refractivity contribution in [2.24, 2.45) is 0 Å². The molecule has 1 saturated carbocycles. The number of aromatic nitrogens is 3. The van der Waals surface area contributed by atoms with E-state index >= 15 is 0 Å². The number of anilines is 2. The summed E-state index contributed by atoms with van der Waals surface area (Å²) in [6, 6.07) is 0.793. The molecule has 118 valence electrons. The van der Waals surface area contributed by atoms with Crippen LogP contribution >= 0.6 is 11.8 Å². The van der Waals surface area contributed by atoms with E-state index < -0.39 is 0 Å². The molecular formula is C14H25N5OS. The molecule has 0 aromatic carbocycles. The molecule has 7 heteroatoms. The van der Waals surface area contributed by atoms with Gasteiger partial charge in [-0.05, 0) is 39.9 Å². The zero-order chi connectivity index (χ0) is 15.2. The van der Waals surface area contributed by atoms with Crippen molar-refractivity contribution in [2.45, 2.75) is 57.4 Å². The Balaban J connectivity index is 2.14. The highest BCUT2D eigenvalue weighted by molar-refractivity contribution is 7.99. The Hall–Kier alpha value is -1.24. The summed E-state index contributed by atoms with van der Waals surface area (Å²) in [6.45, 7) is 6.71. The monoisotopic (exact) mass is 311 g/mol. The van der Waals surface area contributed by atoms with Crippen molar-refractivity contribution in [3.8, 4) is 6.01 Å². The molecule has 0 saturated heterocycles. The van der Waals surface area contributed by atoms with Crippen molar-refractivity contribution in [2.75, 3.05) is 23.4 Å². The fourth-order valence-electron chi connectivity index (χ4n) is 2.46. The Morgan fingerprint density at radius 2 is 2.00 bits per heavy atom. The average Bonchev–Trinajstić information content (AvgIpc) is 2.85. The molecule has 1 fully saturated rings. The van der Waals surface area contributed by atoms with Crippen LogP contribution in [0.5, 0.6) is 6.01 Å². The lowest BCUT2D eigenvalue weighted by Gasteiger charge is -2.19. The molecule has 0 bridgehead atoms. The van der Waals surface area contributed by atoms with Gasteiger partial charge < -0.3 is 15.4 Å². The third-order valence-corrected chi connectivity index (χ3v) is 4.53. The zero-order valence-electron chi connectivity index (χ0n) is 13.2. The van der Waals surface area contributed by atoms with Gasteiger partial charge in [-0.1, -0.05) is 6.42 Å². The molecule has 21 heavy (non-hydrogen) atoms. The molecule has 0 amide bonds. The Morgan fingerprint density at radius 3 is 2.67 bits per heavy atom. The Morgan fingerprint density at radius 1 is 1.24 bits per heavy atom. The van der Waals surface area contributed by atoms with Gasteiger partial charge in [-0.15, -0.1) is 0 Å². The number of thioether (sulfide) groups is 1. The topological polar surface area (TPSA) is 72.0 Å². The zero-order valence-corrected chi connectivity index (χ0v) is 14.0. The van der Waals surface area contributed by atoms with Crippen molar-refractivity contribution >= 4 is 23.7 Å². The van der Waals surface area contributed by atoms with Crippen LogP contribution in [0, 0.1) is 0 Å². The summed E-state index contributed by atoms with van der Waals surface area (Å²) in [7, 11) is 0. The molecule has 0 radical (unpaired) electrons. The Labute approximate surface area is 130 Å². The molecule has 2 rings (SSSR count). The summed E-state index contributed by atoms with van der Waals surface area (Å²) in [5.74, 6) is 1.16. The first-order chi connectivity index (χ1) is 10.1. The van der Waals surface area contributed by atoms with Gasteiger partial charge in [0.2, 0.25) is 11.9 Å². The van der Waals surface area contributed by atoms with Crippen LogP contribution in [0.3, 0.4) is 0 Å². The van der Waals surface area contributed by atoms with Gasteiger partial charge in [0.15, 0.2) is 0 Å². The van der Waals surface area contributed by atoms with Crippen molar-refractivity contribution in [1.29, 1.82) is 0 Å². The molecule has 2 unspecified atom stereocenters.